The minimum atomic E-state index is -0.324. The molecule has 3 aromatic rings. The molecule has 1 aliphatic heterocycles. The number of imide groups is 1. The average molecular weight is 658 g/mol. The van der Waals surface area contributed by atoms with E-state index in [0.717, 1.165) is 16.4 Å². The molecule has 8 heteroatoms. The van der Waals surface area contributed by atoms with Crippen LogP contribution in [0.25, 0.3) is 0 Å². The Morgan fingerprint density at radius 3 is 1.05 bits per heavy atom. The SMILES string of the molecule is C.CC.CC.[CH2-]N.[CH2-]N1C(=O)c2ccccc2C1=O.[CH2-]Oc1ccccc1.[CH2-]Oc1ccccc1.[Y].[Y]. The Labute approximate surface area is 275 Å². The number of carbonyl (C=O) groups is 2. The number of para-hydroxylation sites is 2. The van der Waals surface area contributed by atoms with Gasteiger partial charge in [0.25, 0.3) is 0 Å². The summed E-state index contributed by atoms with van der Waals surface area (Å²) >= 11 is 0. The maximum Gasteiger partial charge on any atom is 0.231 e. The van der Waals surface area contributed by atoms with Crippen molar-refractivity contribution in [3.63, 3.8) is 0 Å². The van der Waals surface area contributed by atoms with Gasteiger partial charge in [-0.25, -0.2) is 7.05 Å². The Morgan fingerprint density at radius 2 is 0.838 bits per heavy atom. The molecule has 2 amide bonds. The normalized spacial score (nSPS) is 9.16. The van der Waals surface area contributed by atoms with E-state index in [9.17, 15) is 9.59 Å². The molecule has 0 aromatic heterocycles. The Bertz CT molecular complexity index is 838. The van der Waals surface area contributed by atoms with E-state index in [1.165, 1.54) is 0 Å². The molecular formula is C29H40N2O4Y2-4. The second-order valence-corrected chi connectivity index (χ2v) is 5.50. The summed E-state index contributed by atoms with van der Waals surface area (Å²) in [5.74, 6) is 0.950. The van der Waals surface area contributed by atoms with E-state index in [1.54, 1.807) is 24.3 Å². The van der Waals surface area contributed by atoms with Crippen molar-refractivity contribution >= 4 is 11.8 Å². The van der Waals surface area contributed by atoms with Crippen LogP contribution < -0.4 is 15.2 Å². The summed E-state index contributed by atoms with van der Waals surface area (Å²) < 4.78 is 9.33. The number of amides is 2. The molecule has 200 valence electrons. The first-order chi connectivity index (χ1) is 16.6. The summed E-state index contributed by atoms with van der Waals surface area (Å²) in [6.07, 6.45) is 0. The molecule has 0 fully saturated rings. The molecule has 4 rings (SSSR count). The van der Waals surface area contributed by atoms with Gasteiger partial charge >= 0.3 is 0 Å². The molecule has 2 N–H and O–H groups in total. The molecule has 1 aliphatic rings. The van der Waals surface area contributed by atoms with Gasteiger partial charge in [0.2, 0.25) is 11.8 Å². The fraction of sp³-hybridized carbons (Fsp3) is 0.172. The van der Waals surface area contributed by atoms with Gasteiger partial charge in [-0.05, 0) is 36.4 Å². The molecule has 6 nitrogen and oxygen atoms in total. The van der Waals surface area contributed by atoms with Crippen LogP contribution in [-0.4, -0.2) is 16.7 Å². The van der Waals surface area contributed by atoms with Crippen molar-refractivity contribution in [3.05, 3.63) is 124 Å². The van der Waals surface area contributed by atoms with Gasteiger partial charge in [0.15, 0.2) is 0 Å². The zero-order chi connectivity index (χ0) is 26.4. The average Bonchev–Trinajstić information content (AvgIpc) is 3.17. The van der Waals surface area contributed by atoms with E-state index in [-0.39, 0.29) is 84.7 Å². The first kappa shape index (κ1) is 45.5. The Balaban J connectivity index is -0.000000123. The maximum absolute atomic E-state index is 11.2. The topological polar surface area (TPSA) is 81.9 Å². The molecule has 0 spiro atoms. The molecular weight excluding hydrogens is 618 g/mol. The number of ether oxygens (including phenoxy) is 2. The van der Waals surface area contributed by atoms with Crippen LogP contribution in [0.5, 0.6) is 11.5 Å². The summed E-state index contributed by atoms with van der Waals surface area (Å²) in [6.45, 7) is 8.00. The number of carbonyl (C=O) groups excluding carboxylic acids is 2. The minimum absolute atomic E-state index is 0. The van der Waals surface area contributed by atoms with Crippen molar-refractivity contribution < 1.29 is 84.5 Å². The molecule has 0 saturated heterocycles. The smallest absolute Gasteiger partial charge is 0.231 e. The zero-order valence-corrected chi connectivity index (χ0v) is 27.4. The first-order valence-electron chi connectivity index (χ1n) is 10.7. The van der Waals surface area contributed by atoms with Gasteiger partial charge in [-0.1, -0.05) is 83.7 Å². The van der Waals surface area contributed by atoms with Crippen molar-refractivity contribution in [2.24, 2.45) is 5.73 Å². The molecule has 0 unspecified atom stereocenters. The van der Waals surface area contributed by atoms with E-state index < -0.39 is 0 Å². The number of nitrogens with zero attached hydrogens (tertiary/aromatic N) is 1. The molecule has 37 heavy (non-hydrogen) atoms. The summed E-state index contributed by atoms with van der Waals surface area (Å²) in [5.41, 5.74) is 5.13. The van der Waals surface area contributed by atoms with Crippen LogP contribution in [0.3, 0.4) is 0 Å². The third kappa shape index (κ3) is 17.7. The van der Waals surface area contributed by atoms with Crippen LogP contribution in [0, 0.1) is 28.3 Å². The molecule has 3 aromatic carbocycles. The third-order valence-electron chi connectivity index (χ3n) is 3.70. The second-order valence-electron chi connectivity index (χ2n) is 5.50. The number of benzene rings is 3. The quantitative estimate of drug-likeness (QED) is 0.233. The van der Waals surface area contributed by atoms with Gasteiger partial charge in [0, 0.05) is 76.5 Å². The molecule has 1 heterocycles. The summed E-state index contributed by atoms with van der Waals surface area (Å²) in [7, 11) is 12.6. The Kier molecular flexibility index (Phi) is 37.9. The van der Waals surface area contributed by atoms with Gasteiger partial charge in [-0.15, -0.1) is 0 Å². The standard InChI is InChI=1S/C9H6NO2.2C7H7O.2C2H6.CH4N.CH4.2Y/c1-10-8(11)6-4-2-3-5-7(6)9(10)12;2*1-8-7-5-3-2-4-6-7;3*1-2;;;/h2-5H,1H2;2*2-6H,1H2;2*1-2H3;1-2H2;1H4;;/q3*-1;;;-1;;;. The van der Waals surface area contributed by atoms with Crippen molar-refractivity contribution in [2.45, 2.75) is 35.1 Å². The molecule has 0 saturated carbocycles. The fourth-order valence-electron chi connectivity index (χ4n) is 2.27. The van der Waals surface area contributed by atoms with Gasteiger partial charge in [0.05, 0.1) is 11.5 Å². The van der Waals surface area contributed by atoms with Crippen molar-refractivity contribution in [2.75, 3.05) is 0 Å². The maximum atomic E-state index is 11.2. The monoisotopic (exact) mass is 658 g/mol. The van der Waals surface area contributed by atoms with Crippen molar-refractivity contribution in [1.82, 2.24) is 4.90 Å². The van der Waals surface area contributed by atoms with Gasteiger partial charge in [-0.3, -0.25) is 16.6 Å². The van der Waals surface area contributed by atoms with Gasteiger partial charge in [-0.2, -0.15) is 14.2 Å². The number of fused-ring (bicyclic) bond motifs is 1. The minimum Gasteiger partial charge on any atom is -0.665 e. The third-order valence-corrected chi connectivity index (χ3v) is 3.70. The van der Waals surface area contributed by atoms with Crippen LogP contribution in [-0.2, 0) is 65.4 Å². The van der Waals surface area contributed by atoms with E-state index in [1.807, 2.05) is 88.4 Å². The number of hydrogen-bond acceptors (Lipinski definition) is 5. The predicted molar refractivity (Wildman–Crippen MR) is 146 cm³/mol. The van der Waals surface area contributed by atoms with Crippen molar-refractivity contribution in [3.8, 4) is 11.5 Å². The van der Waals surface area contributed by atoms with Crippen molar-refractivity contribution in [1.29, 1.82) is 0 Å². The van der Waals surface area contributed by atoms with Crippen LogP contribution >= 0.6 is 0 Å². The van der Waals surface area contributed by atoms with E-state index >= 15 is 0 Å². The van der Waals surface area contributed by atoms with Crippen LogP contribution in [0.15, 0.2) is 84.9 Å². The number of hydrogen-bond donors (Lipinski definition) is 1. The van der Waals surface area contributed by atoms with Gasteiger partial charge in [0.1, 0.15) is 0 Å². The van der Waals surface area contributed by atoms with E-state index in [4.69, 9.17) is 0 Å². The Morgan fingerprint density at radius 1 is 0.595 bits per heavy atom. The van der Waals surface area contributed by atoms with Crippen LogP contribution in [0.2, 0.25) is 0 Å². The van der Waals surface area contributed by atoms with Crippen LogP contribution in [0.4, 0.5) is 0 Å². The number of nitrogens with two attached hydrogens (primary N) is 1. The summed E-state index contributed by atoms with van der Waals surface area (Å²) in [5, 5.41) is 0. The second kappa shape index (κ2) is 30.8. The predicted octanol–water partition coefficient (Wildman–Crippen LogP) is 7.21. The van der Waals surface area contributed by atoms with Crippen LogP contribution in [0.1, 0.15) is 55.8 Å². The zero-order valence-electron chi connectivity index (χ0n) is 21.7. The molecule has 2 radical (unpaired) electrons. The Hall–Kier alpha value is -1.43. The van der Waals surface area contributed by atoms with Gasteiger partial charge < -0.3 is 20.1 Å². The molecule has 0 bridgehead atoms. The largest absolute Gasteiger partial charge is 0.665 e. The van der Waals surface area contributed by atoms with E-state index in [2.05, 4.69) is 43.5 Å². The summed E-state index contributed by atoms with van der Waals surface area (Å²) in [6, 6.07) is 25.6. The summed E-state index contributed by atoms with van der Waals surface area (Å²) in [4.78, 5) is 23.4. The first-order valence-corrected chi connectivity index (χ1v) is 10.7. The van der Waals surface area contributed by atoms with E-state index in [0.29, 0.717) is 11.1 Å². The fourth-order valence-corrected chi connectivity index (χ4v) is 2.27. The molecule has 0 atom stereocenters. The number of rotatable bonds is 2. The molecule has 0 aliphatic carbocycles.